The van der Waals surface area contributed by atoms with Crippen LogP contribution in [-0.4, -0.2) is 69.9 Å². The lowest BCUT2D eigenvalue weighted by Gasteiger charge is -2.41. The van der Waals surface area contributed by atoms with Crippen molar-refractivity contribution in [3.8, 4) is 5.75 Å². The number of para-hydroxylation sites is 2. The summed E-state index contributed by atoms with van der Waals surface area (Å²) in [4.78, 5) is 36.2. The predicted octanol–water partition coefficient (Wildman–Crippen LogP) is 3.63. The van der Waals surface area contributed by atoms with E-state index >= 15 is 0 Å². The number of piperazine rings is 1. The van der Waals surface area contributed by atoms with Gasteiger partial charge in [0.05, 0.1) is 46.5 Å². The first-order valence-corrected chi connectivity index (χ1v) is 12.4. The molecule has 1 fully saturated rings. The number of carbonyl (C=O) groups excluding carboxylic acids is 1. The SMILES string of the molecule is NC(=O)c1cc(OCCO)cc(N2CCN(C(=O)O)C(c3ccc(Nc4nc5ccccc5o4)cn3)C2)c1Cl. The van der Waals surface area contributed by atoms with Crippen LogP contribution in [0.25, 0.3) is 11.1 Å². The number of aliphatic hydroxyl groups excluding tert-OH is 1. The number of halogens is 1. The molecule has 1 atom stereocenters. The number of benzene rings is 2. The number of oxazole rings is 1. The predicted molar refractivity (Wildman–Crippen MR) is 144 cm³/mol. The van der Waals surface area contributed by atoms with Crippen molar-refractivity contribution in [1.82, 2.24) is 14.9 Å². The van der Waals surface area contributed by atoms with Gasteiger partial charge in [0.1, 0.15) is 17.9 Å². The number of nitrogens with zero attached hydrogens (tertiary/aromatic N) is 4. The molecule has 13 heteroatoms. The number of fused-ring (bicyclic) bond motifs is 1. The number of ether oxygens (including phenoxy) is 1. The van der Waals surface area contributed by atoms with Crippen molar-refractivity contribution in [3.63, 3.8) is 0 Å². The zero-order chi connectivity index (χ0) is 27.5. The van der Waals surface area contributed by atoms with Crippen LogP contribution in [0.5, 0.6) is 5.75 Å². The van der Waals surface area contributed by atoms with E-state index in [0.717, 1.165) is 0 Å². The van der Waals surface area contributed by atoms with Crippen molar-refractivity contribution < 1.29 is 29.0 Å². The minimum atomic E-state index is -1.08. The quantitative estimate of drug-likeness (QED) is 0.253. The van der Waals surface area contributed by atoms with Gasteiger partial charge in [0.25, 0.3) is 6.01 Å². The molecule has 1 aliphatic heterocycles. The molecule has 2 aromatic carbocycles. The number of primary amides is 1. The van der Waals surface area contributed by atoms with Crippen molar-refractivity contribution in [1.29, 1.82) is 0 Å². The first kappa shape index (κ1) is 26.1. The molecular formula is C26H25ClN6O6. The van der Waals surface area contributed by atoms with E-state index in [1.807, 2.05) is 29.2 Å². The molecule has 12 nitrogen and oxygen atoms in total. The van der Waals surface area contributed by atoms with Crippen molar-refractivity contribution in [2.24, 2.45) is 5.73 Å². The molecule has 39 heavy (non-hydrogen) atoms. The zero-order valence-corrected chi connectivity index (χ0v) is 21.3. The maximum Gasteiger partial charge on any atom is 0.407 e. The number of anilines is 3. The average Bonchev–Trinajstić information content (AvgIpc) is 3.34. The summed E-state index contributed by atoms with van der Waals surface area (Å²) in [5.41, 5.74) is 8.54. The van der Waals surface area contributed by atoms with Gasteiger partial charge >= 0.3 is 6.09 Å². The molecule has 0 bridgehead atoms. The Labute approximate surface area is 227 Å². The second-order valence-corrected chi connectivity index (χ2v) is 9.14. The third-order valence-electron chi connectivity index (χ3n) is 6.29. The Hall–Kier alpha value is -4.55. The Morgan fingerprint density at radius 2 is 2.03 bits per heavy atom. The van der Waals surface area contributed by atoms with E-state index in [1.54, 1.807) is 24.4 Å². The molecular weight excluding hydrogens is 528 g/mol. The lowest BCUT2D eigenvalue weighted by atomic mass is 10.1. The number of amides is 2. The van der Waals surface area contributed by atoms with E-state index in [1.165, 1.54) is 11.0 Å². The molecule has 3 heterocycles. The van der Waals surface area contributed by atoms with Crippen LogP contribution in [-0.2, 0) is 0 Å². The molecule has 5 N–H and O–H groups in total. The van der Waals surface area contributed by atoms with Crippen molar-refractivity contribution >= 4 is 52.1 Å². The van der Waals surface area contributed by atoms with Crippen LogP contribution in [0.4, 0.5) is 22.2 Å². The lowest BCUT2D eigenvalue weighted by Crippen LogP contribution is -2.50. The molecule has 1 aliphatic rings. The third-order valence-corrected chi connectivity index (χ3v) is 6.69. The second-order valence-electron chi connectivity index (χ2n) is 8.76. The minimum Gasteiger partial charge on any atom is -0.491 e. The molecule has 202 valence electrons. The van der Waals surface area contributed by atoms with Gasteiger partial charge in [0.2, 0.25) is 5.91 Å². The molecule has 1 unspecified atom stereocenters. The summed E-state index contributed by atoms with van der Waals surface area (Å²) in [6.45, 7) is 0.476. The number of hydrogen-bond acceptors (Lipinski definition) is 9. The van der Waals surface area contributed by atoms with E-state index in [2.05, 4.69) is 15.3 Å². The molecule has 4 aromatic rings. The topological polar surface area (TPSA) is 167 Å². The van der Waals surface area contributed by atoms with Gasteiger partial charge in [-0.3, -0.25) is 14.7 Å². The Morgan fingerprint density at radius 3 is 2.72 bits per heavy atom. The van der Waals surface area contributed by atoms with E-state index in [9.17, 15) is 14.7 Å². The molecule has 0 radical (unpaired) electrons. The van der Waals surface area contributed by atoms with E-state index in [-0.39, 0.29) is 36.9 Å². The number of carbonyl (C=O) groups is 2. The van der Waals surface area contributed by atoms with Crippen LogP contribution in [0.15, 0.2) is 59.1 Å². The largest absolute Gasteiger partial charge is 0.491 e. The van der Waals surface area contributed by atoms with Crippen molar-refractivity contribution in [2.45, 2.75) is 6.04 Å². The fourth-order valence-corrected chi connectivity index (χ4v) is 4.77. The number of aliphatic hydroxyl groups is 1. The van der Waals surface area contributed by atoms with Crippen molar-refractivity contribution in [3.05, 3.63) is 71.0 Å². The first-order valence-electron chi connectivity index (χ1n) is 12.0. The van der Waals surface area contributed by atoms with Gasteiger partial charge in [-0.2, -0.15) is 4.98 Å². The lowest BCUT2D eigenvalue weighted by molar-refractivity contribution is 0.0999. The summed E-state index contributed by atoms with van der Waals surface area (Å²) in [5, 5.41) is 22.2. The summed E-state index contributed by atoms with van der Waals surface area (Å²) in [6.07, 6.45) is 0.490. The summed E-state index contributed by atoms with van der Waals surface area (Å²) in [5.74, 6) is -0.428. The third kappa shape index (κ3) is 5.52. The van der Waals surface area contributed by atoms with Gasteiger partial charge in [-0.25, -0.2) is 4.79 Å². The Morgan fingerprint density at radius 1 is 1.21 bits per heavy atom. The first-order chi connectivity index (χ1) is 18.8. The van der Waals surface area contributed by atoms with Crippen LogP contribution in [0, 0.1) is 0 Å². The van der Waals surface area contributed by atoms with Gasteiger partial charge in [-0.15, -0.1) is 0 Å². The average molecular weight is 553 g/mol. The number of carboxylic acid groups (broad SMARTS) is 1. The van der Waals surface area contributed by atoms with Gasteiger partial charge in [0, 0.05) is 25.7 Å². The maximum atomic E-state index is 12.1. The van der Waals surface area contributed by atoms with Crippen LogP contribution in [0.3, 0.4) is 0 Å². The minimum absolute atomic E-state index is 0.0164. The fourth-order valence-electron chi connectivity index (χ4n) is 4.45. The highest BCUT2D eigenvalue weighted by Crippen LogP contribution is 2.37. The maximum absolute atomic E-state index is 12.1. The van der Waals surface area contributed by atoms with E-state index in [4.69, 9.17) is 31.6 Å². The highest BCUT2D eigenvalue weighted by Gasteiger charge is 2.34. The molecule has 2 aromatic heterocycles. The Balaban J connectivity index is 1.40. The van der Waals surface area contributed by atoms with Crippen LogP contribution < -0.4 is 20.7 Å². The van der Waals surface area contributed by atoms with Gasteiger partial charge in [0.15, 0.2) is 5.58 Å². The molecule has 1 saturated heterocycles. The second kappa shape index (κ2) is 11.1. The Bertz CT molecular complexity index is 1480. The molecule has 0 aliphatic carbocycles. The highest BCUT2D eigenvalue weighted by atomic mass is 35.5. The Kier molecular flexibility index (Phi) is 7.39. The van der Waals surface area contributed by atoms with Crippen molar-refractivity contribution in [2.75, 3.05) is 43.1 Å². The van der Waals surface area contributed by atoms with Gasteiger partial charge < -0.3 is 35.3 Å². The normalized spacial score (nSPS) is 15.4. The number of nitrogens with two attached hydrogens (primary N) is 1. The molecule has 0 saturated carbocycles. The standard InChI is InChI=1S/C26H25ClN6O6/c27-23-17(24(28)35)11-16(38-10-9-34)12-20(23)32-7-8-33(26(36)37)21(14-32)18-6-5-15(13-29-18)30-25-31-19-3-1-2-4-22(19)39-25/h1-6,11-13,21,34H,7-10,14H2,(H2,28,35)(H,30,31)(H,36,37). The zero-order valence-electron chi connectivity index (χ0n) is 20.6. The summed E-state index contributed by atoms with van der Waals surface area (Å²) < 4.78 is 11.2. The highest BCUT2D eigenvalue weighted by molar-refractivity contribution is 6.36. The van der Waals surface area contributed by atoms with Crippen LogP contribution in [0.2, 0.25) is 5.02 Å². The number of hydrogen-bond donors (Lipinski definition) is 4. The van der Waals surface area contributed by atoms with E-state index < -0.39 is 18.0 Å². The van der Waals surface area contributed by atoms with E-state index in [0.29, 0.717) is 46.5 Å². The molecule has 2 amide bonds. The molecule has 0 spiro atoms. The number of pyridine rings is 1. The summed E-state index contributed by atoms with van der Waals surface area (Å²) in [6, 6.07) is 13.6. The number of aromatic nitrogens is 2. The van der Waals surface area contributed by atoms with Gasteiger partial charge in [-0.1, -0.05) is 23.7 Å². The smallest absolute Gasteiger partial charge is 0.407 e. The molecule has 5 rings (SSSR count). The summed E-state index contributed by atoms with van der Waals surface area (Å²) in [7, 11) is 0. The monoisotopic (exact) mass is 552 g/mol. The van der Waals surface area contributed by atoms with Gasteiger partial charge in [-0.05, 0) is 30.3 Å². The fraction of sp³-hybridized carbons (Fsp3) is 0.231. The van der Waals surface area contributed by atoms with Crippen LogP contribution >= 0.6 is 11.6 Å². The number of rotatable bonds is 8. The van der Waals surface area contributed by atoms with Crippen LogP contribution in [0.1, 0.15) is 22.1 Å². The summed E-state index contributed by atoms with van der Waals surface area (Å²) >= 11 is 6.55. The number of nitrogens with one attached hydrogen (secondary N) is 1.